The van der Waals surface area contributed by atoms with Gasteiger partial charge in [0.2, 0.25) is 0 Å². The number of hydrogen-bond acceptors (Lipinski definition) is 3. The fourth-order valence-electron chi connectivity index (χ4n) is 4.08. The molecule has 0 spiro atoms. The van der Waals surface area contributed by atoms with Crippen molar-refractivity contribution in [3.05, 3.63) is 36.4 Å². The van der Waals surface area contributed by atoms with Crippen molar-refractivity contribution in [2.75, 3.05) is 6.61 Å². The van der Waals surface area contributed by atoms with Crippen LogP contribution in [0.3, 0.4) is 0 Å². The molecule has 0 saturated carbocycles. The molecule has 6 heteroatoms. The molecule has 0 aliphatic heterocycles. The first-order valence-electron chi connectivity index (χ1n) is 10.1. The van der Waals surface area contributed by atoms with E-state index in [0.29, 0.717) is 12.6 Å². The summed E-state index contributed by atoms with van der Waals surface area (Å²) in [6.07, 6.45) is 3.12. The molecule has 1 rings (SSSR count). The van der Waals surface area contributed by atoms with Gasteiger partial charge in [-0.25, -0.2) is 0 Å². The predicted molar refractivity (Wildman–Crippen MR) is 127 cm³/mol. The first-order chi connectivity index (χ1) is 12.5. The van der Waals surface area contributed by atoms with Crippen molar-refractivity contribution in [1.82, 2.24) is 4.23 Å². The smallest absolute Gasteiger partial charge is 0.390 e. The first kappa shape index (κ1) is 24.5. The highest BCUT2D eigenvalue weighted by Crippen LogP contribution is 2.27. The minimum atomic E-state index is -1.53. The fourth-order valence-corrected chi connectivity index (χ4v) is 16.6. The normalized spacial score (nSPS) is 15.2. The second-order valence-electron chi connectivity index (χ2n) is 9.06. The molecule has 0 aliphatic carbocycles. The van der Waals surface area contributed by atoms with Gasteiger partial charge in [0.15, 0.2) is 0 Å². The second kappa shape index (κ2) is 10.3. The van der Waals surface area contributed by atoms with E-state index < -0.39 is 25.8 Å². The summed E-state index contributed by atoms with van der Waals surface area (Å²) in [6, 6.07) is 8.85. The molecule has 1 radical (unpaired) electrons. The third kappa shape index (κ3) is 7.11. The van der Waals surface area contributed by atoms with Crippen LogP contribution in [0.25, 0.3) is 6.08 Å². The molecule has 0 saturated heterocycles. The second-order valence-corrected chi connectivity index (χ2v) is 20.8. The van der Waals surface area contributed by atoms with Crippen LogP contribution in [-0.2, 0) is 8.85 Å². The van der Waals surface area contributed by atoms with Gasteiger partial charge in [0.1, 0.15) is 16.5 Å². The predicted octanol–water partition coefficient (Wildman–Crippen LogP) is 5.22. The molecule has 1 aromatic rings. The number of benzene rings is 1. The highest BCUT2D eigenvalue weighted by atomic mass is 28.4. The molecular formula is C21H40NO2Si3. The zero-order chi connectivity index (χ0) is 20.8. The van der Waals surface area contributed by atoms with Crippen LogP contribution < -0.4 is 5.19 Å². The Hall–Kier alpha value is -0.509. The lowest BCUT2D eigenvalue weighted by atomic mass is 10.1. The average Bonchev–Trinajstić information content (AvgIpc) is 2.56. The van der Waals surface area contributed by atoms with Gasteiger partial charge in [0, 0.05) is 12.6 Å². The number of nitrogens with zero attached hydrogens (tertiary/aromatic N) is 1. The third-order valence-electron chi connectivity index (χ3n) is 4.66. The molecule has 2 unspecified atom stereocenters. The van der Waals surface area contributed by atoms with Gasteiger partial charge in [-0.1, -0.05) is 83.1 Å². The van der Waals surface area contributed by atoms with Gasteiger partial charge in [-0.2, -0.15) is 0 Å². The van der Waals surface area contributed by atoms with Crippen molar-refractivity contribution < 1.29 is 8.85 Å². The van der Waals surface area contributed by atoms with Crippen LogP contribution in [0.15, 0.2) is 30.8 Å². The molecule has 1 aromatic carbocycles. The number of rotatable bonds is 11. The maximum Gasteiger partial charge on any atom is 0.423 e. The molecule has 3 nitrogen and oxygen atoms in total. The van der Waals surface area contributed by atoms with E-state index in [1.807, 2.05) is 13.0 Å². The molecule has 0 aromatic heterocycles. The molecule has 0 amide bonds. The molecule has 0 heterocycles. The Morgan fingerprint density at radius 1 is 1.11 bits per heavy atom. The Labute approximate surface area is 171 Å². The third-order valence-corrected chi connectivity index (χ3v) is 14.2. The van der Waals surface area contributed by atoms with E-state index in [1.54, 1.807) is 0 Å². The number of hydrogen-bond donors (Lipinski definition) is 0. The van der Waals surface area contributed by atoms with Crippen LogP contribution >= 0.6 is 0 Å². The van der Waals surface area contributed by atoms with Crippen LogP contribution in [0.1, 0.15) is 32.8 Å². The maximum atomic E-state index is 6.65. The topological polar surface area (TPSA) is 21.7 Å². The van der Waals surface area contributed by atoms with Crippen LogP contribution in [0.5, 0.6) is 0 Å². The molecule has 0 aliphatic rings. The highest BCUT2D eigenvalue weighted by Gasteiger charge is 2.41. The van der Waals surface area contributed by atoms with Gasteiger partial charge in [-0.05, 0) is 31.0 Å². The van der Waals surface area contributed by atoms with Crippen LogP contribution in [0.4, 0.5) is 0 Å². The van der Waals surface area contributed by atoms with Crippen molar-refractivity contribution >= 4 is 37.0 Å². The molecule has 2 atom stereocenters. The maximum absolute atomic E-state index is 6.65. The van der Waals surface area contributed by atoms with E-state index in [9.17, 15) is 0 Å². The van der Waals surface area contributed by atoms with Gasteiger partial charge in [-0.3, -0.25) is 0 Å². The van der Waals surface area contributed by atoms with E-state index in [2.05, 4.69) is 88.2 Å². The monoisotopic (exact) mass is 422 g/mol. The quantitative estimate of drug-likeness (QED) is 0.456. The largest absolute Gasteiger partial charge is 0.423 e. The summed E-state index contributed by atoms with van der Waals surface area (Å²) in [4.78, 5) is 0. The zero-order valence-corrected chi connectivity index (χ0v) is 21.9. The molecule has 0 N–H and O–H groups in total. The lowest BCUT2D eigenvalue weighted by molar-refractivity contribution is 0.110. The van der Waals surface area contributed by atoms with Gasteiger partial charge in [0.05, 0.1) is 6.10 Å². The van der Waals surface area contributed by atoms with Gasteiger partial charge >= 0.3 is 9.28 Å². The minimum Gasteiger partial charge on any atom is -0.390 e. The fraction of sp³-hybridized carbons (Fsp3) is 0.619. The van der Waals surface area contributed by atoms with Crippen LogP contribution in [0.2, 0.25) is 39.3 Å². The summed E-state index contributed by atoms with van der Waals surface area (Å²) in [5.41, 5.74) is 1.11. The molecule has 153 valence electrons. The Balaban J connectivity index is 3.13. The SMILES string of the molecule is C=Cc1cccc([Si](OCC)OC(C)C(CC)N([Si](C)(C)C)[Si](C)(C)C)c1. The Bertz CT molecular complexity index is 582. The average molecular weight is 423 g/mol. The molecular weight excluding hydrogens is 382 g/mol. The summed E-state index contributed by atoms with van der Waals surface area (Å²) in [7, 11) is -4.45. The van der Waals surface area contributed by atoms with Crippen LogP contribution in [0, 0.1) is 0 Å². The van der Waals surface area contributed by atoms with Crippen molar-refractivity contribution in [2.45, 2.75) is 78.6 Å². The summed E-state index contributed by atoms with van der Waals surface area (Å²) >= 11 is 0. The summed E-state index contributed by atoms with van der Waals surface area (Å²) < 4.78 is 15.6. The highest BCUT2D eigenvalue weighted by molar-refractivity contribution is 6.89. The summed E-state index contributed by atoms with van der Waals surface area (Å²) in [5.74, 6) is 0. The Kier molecular flexibility index (Phi) is 9.38. The molecule has 0 bridgehead atoms. The lowest BCUT2D eigenvalue weighted by Crippen LogP contribution is -2.66. The lowest BCUT2D eigenvalue weighted by Gasteiger charge is -2.50. The van der Waals surface area contributed by atoms with E-state index in [0.717, 1.165) is 17.2 Å². The van der Waals surface area contributed by atoms with E-state index in [1.165, 1.54) is 0 Å². The molecule has 0 fully saturated rings. The minimum absolute atomic E-state index is 0.140. The first-order valence-corrected chi connectivity index (χ1v) is 18.4. The standard InChI is InChI=1S/C21H40NO2Si3/c1-11-19-15-14-16-20(17-19)25(23-13-3)24-18(4)21(12-2)22(26(5,6)7)27(8,9)10/h11,14-18,21H,1,12-13H2,2-10H3. The van der Waals surface area contributed by atoms with Crippen molar-refractivity contribution in [2.24, 2.45) is 0 Å². The van der Waals surface area contributed by atoms with Crippen LogP contribution in [-0.4, -0.2) is 48.7 Å². The van der Waals surface area contributed by atoms with Gasteiger partial charge < -0.3 is 13.1 Å². The van der Waals surface area contributed by atoms with Gasteiger partial charge in [-0.15, -0.1) is 0 Å². The van der Waals surface area contributed by atoms with Crippen molar-refractivity contribution in [3.8, 4) is 0 Å². The van der Waals surface area contributed by atoms with E-state index in [-0.39, 0.29) is 6.10 Å². The van der Waals surface area contributed by atoms with Crippen molar-refractivity contribution in [3.63, 3.8) is 0 Å². The molecule has 27 heavy (non-hydrogen) atoms. The Morgan fingerprint density at radius 3 is 2.15 bits per heavy atom. The van der Waals surface area contributed by atoms with Gasteiger partial charge in [0.25, 0.3) is 0 Å². The summed E-state index contributed by atoms with van der Waals surface area (Å²) in [6.45, 7) is 25.9. The van der Waals surface area contributed by atoms with Crippen molar-refractivity contribution in [1.29, 1.82) is 0 Å². The summed E-state index contributed by atoms with van der Waals surface area (Å²) in [5, 5.41) is 1.16. The van der Waals surface area contributed by atoms with E-state index >= 15 is 0 Å². The van der Waals surface area contributed by atoms with E-state index in [4.69, 9.17) is 8.85 Å². The Morgan fingerprint density at radius 2 is 1.70 bits per heavy atom. The zero-order valence-electron chi connectivity index (χ0n) is 18.9.